The third kappa shape index (κ3) is 4.18. The number of rotatable bonds is 8. The van der Waals surface area contributed by atoms with Gasteiger partial charge in [0.2, 0.25) is 10.0 Å². The lowest BCUT2D eigenvalue weighted by Crippen LogP contribution is -2.31. The zero-order valence-corrected chi connectivity index (χ0v) is 19.7. The van der Waals surface area contributed by atoms with E-state index in [1.165, 1.54) is 12.4 Å². The summed E-state index contributed by atoms with van der Waals surface area (Å²) in [7, 11) is -3.83. The van der Waals surface area contributed by atoms with Gasteiger partial charge in [0.05, 0.1) is 27.3 Å². The molecule has 0 radical (unpaired) electrons. The molecule has 9 heteroatoms. The van der Waals surface area contributed by atoms with Crippen LogP contribution in [0.3, 0.4) is 0 Å². The fraction of sp³-hybridized carbons (Fsp3) is 0.333. The summed E-state index contributed by atoms with van der Waals surface area (Å²) < 4.78 is 43.1. The Hall–Kier alpha value is -3.04. The van der Waals surface area contributed by atoms with E-state index in [1.54, 1.807) is 32.0 Å². The number of sulfonamides is 1. The minimum absolute atomic E-state index is 0.154. The van der Waals surface area contributed by atoms with Crippen molar-refractivity contribution in [2.24, 2.45) is 0 Å². The molecule has 1 heterocycles. The van der Waals surface area contributed by atoms with Crippen LogP contribution in [0.2, 0.25) is 0 Å². The van der Waals surface area contributed by atoms with Crippen LogP contribution < -0.4 is 10.0 Å². The summed E-state index contributed by atoms with van der Waals surface area (Å²) in [6.45, 7) is 9.24. The molecule has 7 nitrogen and oxygen atoms in total. The third-order valence-corrected chi connectivity index (χ3v) is 8.37. The number of allylic oxidation sites excluding steroid dienone is 1. The second-order valence-corrected chi connectivity index (χ2v) is 10.8. The average molecular weight is 471 g/mol. The van der Waals surface area contributed by atoms with Crippen molar-refractivity contribution in [2.75, 3.05) is 16.6 Å². The Kier molecular flexibility index (Phi) is 5.88. The van der Waals surface area contributed by atoms with Crippen molar-refractivity contribution in [1.82, 2.24) is 9.97 Å². The molecule has 0 aliphatic heterocycles. The maximum atomic E-state index is 14.7. The number of aliphatic hydroxyl groups is 1. The van der Waals surface area contributed by atoms with Crippen LogP contribution in [0.1, 0.15) is 43.0 Å². The van der Waals surface area contributed by atoms with Crippen molar-refractivity contribution in [3.63, 3.8) is 0 Å². The van der Waals surface area contributed by atoms with E-state index >= 15 is 0 Å². The molecule has 33 heavy (non-hydrogen) atoms. The summed E-state index contributed by atoms with van der Waals surface area (Å²) >= 11 is 0. The van der Waals surface area contributed by atoms with Gasteiger partial charge in [-0.15, -0.1) is 0 Å². The number of halogens is 1. The molecule has 1 aromatic heterocycles. The number of fused-ring (bicyclic) bond motifs is 1. The highest BCUT2D eigenvalue weighted by molar-refractivity contribution is 7.94. The molecule has 0 amide bonds. The molecule has 1 aliphatic carbocycles. The van der Waals surface area contributed by atoms with Crippen molar-refractivity contribution in [1.29, 1.82) is 0 Å². The van der Waals surface area contributed by atoms with Gasteiger partial charge < -0.3 is 10.4 Å². The first-order valence-corrected chi connectivity index (χ1v) is 12.2. The van der Waals surface area contributed by atoms with Crippen LogP contribution in [0.4, 0.5) is 21.5 Å². The van der Waals surface area contributed by atoms with Crippen molar-refractivity contribution in [3.8, 4) is 0 Å². The summed E-state index contributed by atoms with van der Waals surface area (Å²) in [6.07, 6.45) is 2.54. The fourth-order valence-electron chi connectivity index (χ4n) is 4.06. The van der Waals surface area contributed by atoms with E-state index in [9.17, 15) is 17.9 Å². The molecule has 1 aliphatic rings. The number of nitrogens with one attached hydrogen (secondary N) is 2. The van der Waals surface area contributed by atoms with Crippen LogP contribution in [0.5, 0.6) is 0 Å². The van der Waals surface area contributed by atoms with Gasteiger partial charge in [-0.1, -0.05) is 12.6 Å². The van der Waals surface area contributed by atoms with Crippen molar-refractivity contribution in [2.45, 2.75) is 44.8 Å². The number of hydrogen-bond donors (Lipinski definition) is 3. The summed E-state index contributed by atoms with van der Waals surface area (Å²) in [4.78, 5) is 8.66. The first kappa shape index (κ1) is 23.1. The minimum Gasteiger partial charge on any atom is -0.396 e. The van der Waals surface area contributed by atoms with E-state index in [1.807, 2.05) is 6.92 Å². The molecule has 174 valence electrons. The SMILES string of the molecule is C=C(C)c1c(Nc2ccc(C)cc2F)c(NS(=O)(=O)C2(CCO)CC2)cc2c(C)ncnc12. The lowest BCUT2D eigenvalue weighted by molar-refractivity contribution is 0.283. The zero-order valence-electron chi connectivity index (χ0n) is 18.9. The molecule has 0 saturated heterocycles. The summed E-state index contributed by atoms with van der Waals surface area (Å²) in [5.41, 5.74) is 4.04. The van der Waals surface area contributed by atoms with Crippen molar-refractivity contribution >= 4 is 43.6 Å². The molecular weight excluding hydrogens is 443 g/mol. The second-order valence-electron chi connectivity index (χ2n) is 8.68. The Morgan fingerprint density at radius 2 is 1.94 bits per heavy atom. The van der Waals surface area contributed by atoms with Crippen LogP contribution in [0, 0.1) is 19.7 Å². The Morgan fingerprint density at radius 3 is 2.55 bits per heavy atom. The van der Waals surface area contributed by atoms with E-state index in [2.05, 4.69) is 26.6 Å². The minimum atomic E-state index is -3.83. The number of aromatic nitrogens is 2. The Balaban J connectivity index is 1.95. The maximum absolute atomic E-state index is 14.7. The lowest BCUT2D eigenvalue weighted by atomic mass is 9.99. The largest absolute Gasteiger partial charge is 0.396 e. The first-order chi connectivity index (χ1) is 15.6. The number of anilines is 3. The van der Waals surface area contributed by atoms with Gasteiger partial charge in [-0.2, -0.15) is 0 Å². The summed E-state index contributed by atoms with van der Waals surface area (Å²) in [6, 6.07) is 6.44. The molecule has 1 saturated carbocycles. The Labute approximate surface area is 192 Å². The quantitative estimate of drug-likeness (QED) is 0.436. The number of nitrogens with zero attached hydrogens (tertiary/aromatic N) is 2. The van der Waals surface area contributed by atoms with Crippen LogP contribution in [-0.4, -0.2) is 34.8 Å². The number of benzene rings is 2. The van der Waals surface area contributed by atoms with Gasteiger partial charge in [-0.25, -0.2) is 22.8 Å². The predicted octanol–water partition coefficient (Wildman–Crippen LogP) is 4.82. The Morgan fingerprint density at radius 1 is 1.21 bits per heavy atom. The Bertz CT molecular complexity index is 1370. The van der Waals surface area contributed by atoms with E-state index in [0.29, 0.717) is 46.3 Å². The van der Waals surface area contributed by atoms with Gasteiger partial charge >= 0.3 is 0 Å². The molecule has 0 unspecified atom stereocenters. The summed E-state index contributed by atoms with van der Waals surface area (Å²) in [5, 5.41) is 13.1. The molecule has 1 fully saturated rings. The second kappa shape index (κ2) is 8.39. The smallest absolute Gasteiger partial charge is 0.238 e. The fourth-order valence-corrected chi connectivity index (χ4v) is 5.72. The van der Waals surface area contributed by atoms with Gasteiger partial charge in [0.1, 0.15) is 12.1 Å². The number of aryl methyl sites for hydroxylation is 2. The molecule has 3 N–H and O–H groups in total. The van der Waals surface area contributed by atoms with Gasteiger partial charge in [0.25, 0.3) is 0 Å². The van der Waals surface area contributed by atoms with E-state index < -0.39 is 20.6 Å². The zero-order chi connectivity index (χ0) is 24.0. The molecule has 0 atom stereocenters. The molecule has 0 spiro atoms. The predicted molar refractivity (Wildman–Crippen MR) is 130 cm³/mol. The average Bonchev–Trinajstić information content (AvgIpc) is 3.52. The third-order valence-electron chi connectivity index (χ3n) is 6.13. The molecule has 2 aromatic carbocycles. The maximum Gasteiger partial charge on any atom is 0.238 e. The van der Waals surface area contributed by atoms with Crippen molar-refractivity contribution < 1.29 is 17.9 Å². The van der Waals surface area contributed by atoms with Crippen LogP contribution >= 0.6 is 0 Å². The van der Waals surface area contributed by atoms with Gasteiger partial charge in [0.15, 0.2) is 0 Å². The number of hydrogen-bond acceptors (Lipinski definition) is 6. The van der Waals surface area contributed by atoms with Crippen LogP contribution in [0.15, 0.2) is 37.2 Å². The first-order valence-electron chi connectivity index (χ1n) is 10.7. The molecular formula is C24H27FN4O3S. The van der Waals surface area contributed by atoms with Gasteiger partial charge in [0, 0.05) is 23.3 Å². The molecule has 4 rings (SSSR count). The number of aliphatic hydroxyl groups excluding tert-OH is 1. The highest BCUT2D eigenvalue weighted by Gasteiger charge is 2.54. The van der Waals surface area contributed by atoms with Crippen LogP contribution in [0.25, 0.3) is 16.5 Å². The van der Waals surface area contributed by atoms with Gasteiger partial charge in [-0.3, -0.25) is 4.72 Å². The van der Waals surface area contributed by atoms with Crippen molar-refractivity contribution in [3.05, 3.63) is 59.8 Å². The monoisotopic (exact) mass is 470 g/mol. The van der Waals surface area contributed by atoms with E-state index in [0.717, 1.165) is 5.56 Å². The van der Waals surface area contributed by atoms with Gasteiger partial charge in [-0.05, 0) is 69.4 Å². The van der Waals surface area contributed by atoms with Crippen LogP contribution in [-0.2, 0) is 10.0 Å². The summed E-state index contributed by atoms with van der Waals surface area (Å²) in [5.74, 6) is -0.464. The van der Waals surface area contributed by atoms with E-state index in [-0.39, 0.29) is 24.4 Å². The standard InChI is InChI=1S/C24H27FN4O3S/c1-14(2)21-22-17(16(4)26-13-27-22)12-20(29-33(31,32)24(7-8-24)9-10-30)23(21)28-19-6-5-15(3)11-18(19)25/h5-6,11-13,28-30H,1,7-10H2,2-4H3. The molecule has 0 bridgehead atoms. The topological polar surface area (TPSA) is 104 Å². The normalized spacial score (nSPS) is 14.8. The highest BCUT2D eigenvalue weighted by Crippen LogP contribution is 2.48. The highest BCUT2D eigenvalue weighted by atomic mass is 32.2. The van der Waals surface area contributed by atoms with E-state index in [4.69, 9.17) is 0 Å². The lowest BCUT2D eigenvalue weighted by Gasteiger charge is -2.23. The molecule has 3 aromatic rings.